The van der Waals surface area contributed by atoms with Crippen LogP contribution in [0.15, 0.2) is 6.07 Å². The summed E-state index contributed by atoms with van der Waals surface area (Å²) in [6.07, 6.45) is 1.57. The molecule has 0 atom stereocenters. The summed E-state index contributed by atoms with van der Waals surface area (Å²) in [4.78, 5) is 0. The third-order valence-electron chi connectivity index (χ3n) is 3.45. The van der Waals surface area contributed by atoms with Crippen molar-refractivity contribution < 1.29 is 5.11 Å². The number of nitrogens with zero attached hydrogens (tertiary/aromatic N) is 2. The van der Waals surface area contributed by atoms with Gasteiger partial charge in [-0.1, -0.05) is 0 Å². The van der Waals surface area contributed by atoms with Crippen LogP contribution in [-0.2, 0) is 13.6 Å². The number of hydrogen-bond acceptors (Lipinski definition) is 3. The van der Waals surface area contributed by atoms with Crippen molar-refractivity contribution in [2.45, 2.75) is 38.5 Å². The Balaban J connectivity index is 1.97. The van der Waals surface area contributed by atoms with Crippen molar-refractivity contribution in [3.8, 4) is 6.07 Å². The monoisotopic (exact) mass is 219 g/mol. The van der Waals surface area contributed by atoms with Crippen LogP contribution >= 0.6 is 0 Å². The number of hydrogen-bond donors (Lipinski definition) is 2. The molecule has 0 amide bonds. The lowest BCUT2D eigenvalue weighted by atomic mass is 9.89. The first-order valence-corrected chi connectivity index (χ1v) is 5.58. The van der Waals surface area contributed by atoms with Crippen molar-refractivity contribution in [1.29, 1.82) is 5.26 Å². The molecule has 1 aliphatic carbocycles. The number of nitrogens with one attached hydrogen (secondary N) is 1. The highest BCUT2D eigenvalue weighted by Gasteiger charge is 2.26. The van der Waals surface area contributed by atoms with Crippen LogP contribution in [0.5, 0.6) is 0 Å². The van der Waals surface area contributed by atoms with Gasteiger partial charge >= 0.3 is 0 Å². The minimum atomic E-state index is -0.121. The quantitative estimate of drug-likeness (QED) is 0.791. The van der Waals surface area contributed by atoms with Gasteiger partial charge in [-0.15, -0.1) is 0 Å². The van der Waals surface area contributed by atoms with E-state index in [9.17, 15) is 0 Å². The summed E-state index contributed by atoms with van der Waals surface area (Å²) >= 11 is 0. The predicted molar refractivity (Wildman–Crippen MR) is 60.7 cm³/mol. The Labute approximate surface area is 95.5 Å². The van der Waals surface area contributed by atoms with E-state index in [1.165, 1.54) is 5.56 Å². The van der Waals surface area contributed by atoms with Crippen LogP contribution in [0.4, 0.5) is 0 Å². The van der Waals surface area contributed by atoms with Gasteiger partial charge in [0.1, 0.15) is 11.8 Å². The molecule has 4 nitrogen and oxygen atoms in total. The molecule has 0 unspecified atom stereocenters. The van der Waals surface area contributed by atoms with Gasteiger partial charge in [0, 0.05) is 25.3 Å². The lowest BCUT2D eigenvalue weighted by Gasteiger charge is -2.32. The zero-order valence-corrected chi connectivity index (χ0v) is 9.70. The highest BCUT2D eigenvalue weighted by atomic mass is 16.3. The molecule has 1 saturated carbocycles. The van der Waals surface area contributed by atoms with E-state index in [0.717, 1.165) is 25.1 Å². The van der Waals surface area contributed by atoms with Crippen LogP contribution in [0.1, 0.15) is 29.8 Å². The topological polar surface area (TPSA) is 61.0 Å². The van der Waals surface area contributed by atoms with Gasteiger partial charge in [-0.3, -0.25) is 0 Å². The molecule has 0 bridgehead atoms. The summed E-state index contributed by atoms with van der Waals surface area (Å²) in [6.45, 7) is 2.80. The number of aromatic nitrogens is 1. The summed E-state index contributed by atoms with van der Waals surface area (Å²) in [5, 5.41) is 21.5. The first kappa shape index (κ1) is 11.2. The average Bonchev–Trinajstić information content (AvgIpc) is 2.50. The molecule has 1 aliphatic rings. The number of aliphatic hydroxyl groups is 1. The van der Waals surface area contributed by atoms with Gasteiger partial charge in [0.15, 0.2) is 0 Å². The predicted octanol–water partition coefficient (Wildman–Crippen LogP) is 0.818. The molecule has 0 spiro atoms. The largest absolute Gasteiger partial charge is 0.393 e. The smallest absolute Gasteiger partial charge is 0.120 e. The van der Waals surface area contributed by atoms with Gasteiger partial charge in [0.25, 0.3) is 0 Å². The second-order valence-electron chi connectivity index (χ2n) is 4.51. The summed E-state index contributed by atoms with van der Waals surface area (Å²) < 4.78 is 1.91. The summed E-state index contributed by atoms with van der Waals surface area (Å²) in [7, 11) is 1.91. The minimum Gasteiger partial charge on any atom is -0.393 e. The van der Waals surface area contributed by atoms with E-state index in [-0.39, 0.29) is 6.10 Å². The maximum atomic E-state index is 9.17. The van der Waals surface area contributed by atoms with Gasteiger partial charge in [0.05, 0.1) is 6.10 Å². The Morgan fingerprint density at radius 1 is 1.62 bits per heavy atom. The van der Waals surface area contributed by atoms with Crippen LogP contribution in [0.25, 0.3) is 0 Å². The molecular weight excluding hydrogens is 202 g/mol. The molecule has 0 aliphatic heterocycles. The molecule has 4 heteroatoms. The Kier molecular flexibility index (Phi) is 2.99. The van der Waals surface area contributed by atoms with Crippen LogP contribution in [0.3, 0.4) is 0 Å². The van der Waals surface area contributed by atoms with Crippen molar-refractivity contribution in [3.05, 3.63) is 23.0 Å². The van der Waals surface area contributed by atoms with Crippen molar-refractivity contribution in [3.63, 3.8) is 0 Å². The fourth-order valence-electron chi connectivity index (χ4n) is 2.06. The number of rotatable bonds is 3. The molecule has 0 radical (unpaired) electrons. The Bertz CT molecular complexity index is 424. The third kappa shape index (κ3) is 1.97. The fourth-order valence-corrected chi connectivity index (χ4v) is 2.06. The van der Waals surface area contributed by atoms with Crippen molar-refractivity contribution >= 4 is 0 Å². The maximum Gasteiger partial charge on any atom is 0.120 e. The molecule has 2 rings (SSSR count). The van der Waals surface area contributed by atoms with E-state index < -0.39 is 0 Å². The van der Waals surface area contributed by atoms with Gasteiger partial charge in [0.2, 0.25) is 0 Å². The number of nitriles is 1. The molecule has 1 aromatic heterocycles. The molecule has 2 N–H and O–H groups in total. The Morgan fingerprint density at radius 3 is 2.81 bits per heavy atom. The Hall–Kier alpha value is -1.31. The molecule has 86 valence electrons. The zero-order chi connectivity index (χ0) is 11.7. The van der Waals surface area contributed by atoms with Crippen LogP contribution in [0, 0.1) is 18.3 Å². The molecule has 1 heterocycles. The van der Waals surface area contributed by atoms with Gasteiger partial charge in [-0.05, 0) is 31.4 Å². The van der Waals surface area contributed by atoms with Gasteiger partial charge < -0.3 is 15.0 Å². The normalized spacial score (nSPS) is 23.9. The summed E-state index contributed by atoms with van der Waals surface area (Å²) in [5.74, 6) is 0. The highest BCUT2D eigenvalue weighted by molar-refractivity contribution is 5.34. The third-order valence-corrected chi connectivity index (χ3v) is 3.45. The van der Waals surface area contributed by atoms with E-state index in [2.05, 4.69) is 11.4 Å². The highest BCUT2D eigenvalue weighted by Crippen LogP contribution is 2.20. The SMILES string of the molecule is Cc1c(CNC2CC(O)C2)cc(C#N)n1C. The first-order chi connectivity index (χ1) is 7.61. The van der Waals surface area contributed by atoms with E-state index in [1.807, 2.05) is 24.6 Å². The lowest BCUT2D eigenvalue weighted by Crippen LogP contribution is -2.43. The minimum absolute atomic E-state index is 0.121. The van der Waals surface area contributed by atoms with Gasteiger partial charge in [-0.25, -0.2) is 0 Å². The van der Waals surface area contributed by atoms with Crippen LogP contribution in [0.2, 0.25) is 0 Å². The Morgan fingerprint density at radius 2 is 2.31 bits per heavy atom. The molecular formula is C12H17N3O. The van der Waals surface area contributed by atoms with Crippen LogP contribution in [-0.4, -0.2) is 21.8 Å². The molecule has 1 aromatic rings. The molecule has 16 heavy (non-hydrogen) atoms. The van der Waals surface area contributed by atoms with E-state index in [4.69, 9.17) is 10.4 Å². The molecule has 0 aromatic carbocycles. The fraction of sp³-hybridized carbons (Fsp3) is 0.583. The molecule has 0 saturated heterocycles. The second kappa shape index (κ2) is 4.28. The van der Waals surface area contributed by atoms with Crippen LogP contribution < -0.4 is 5.32 Å². The number of aliphatic hydroxyl groups excluding tert-OH is 1. The maximum absolute atomic E-state index is 9.17. The average molecular weight is 219 g/mol. The standard InChI is InChI=1S/C12H17N3O/c1-8-9(3-11(6-13)15(8)2)7-14-10-4-12(16)5-10/h3,10,12,14,16H,4-5,7H2,1-2H3. The van der Waals surface area contributed by atoms with Crippen molar-refractivity contribution in [1.82, 2.24) is 9.88 Å². The summed E-state index contributed by atoms with van der Waals surface area (Å²) in [5.41, 5.74) is 2.99. The molecule has 1 fully saturated rings. The van der Waals surface area contributed by atoms with E-state index in [1.54, 1.807) is 0 Å². The lowest BCUT2D eigenvalue weighted by molar-refractivity contribution is 0.0619. The van der Waals surface area contributed by atoms with Crippen molar-refractivity contribution in [2.24, 2.45) is 7.05 Å². The van der Waals surface area contributed by atoms with Crippen molar-refractivity contribution in [2.75, 3.05) is 0 Å². The first-order valence-electron chi connectivity index (χ1n) is 5.58. The van der Waals surface area contributed by atoms with Gasteiger partial charge in [-0.2, -0.15) is 5.26 Å². The zero-order valence-electron chi connectivity index (χ0n) is 9.70. The second-order valence-corrected chi connectivity index (χ2v) is 4.51. The summed E-state index contributed by atoms with van der Waals surface area (Å²) in [6, 6.07) is 4.53. The van der Waals surface area contributed by atoms with E-state index >= 15 is 0 Å². The van der Waals surface area contributed by atoms with E-state index in [0.29, 0.717) is 11.7 Å².